The van der Waals surface area contributed by atoms with Gasteiger partial charge >= 0.3 is 0 Å². The second-order valence-electron chi connectivity index (χ2n) is 7.05. The van der Waals surface area contributed by atoms with Gasteiger partial charge in [-0.15, -0.1) is 0 Å². The molecule has 0 fully saturated rings. The van der Waals surface area contributed by atoms with Crippen LogP contribution in [0.3, 0.4) is 0 Å². The van der Waals surface area contributed by atoms with Crippen molar-refractivity contribution in [3.63, 3.8) is 0 Å². The van der Waals surface area contributed by atoms with E-state index in [2.05, 4.69) is 21.8 Å². The Labute approximate surface area is 181 Å². The minimum absolute atomic E-state index is 0.348. The lowest BCUT2D eigenvalue weighted by molar-refractivity contribution is 0.410. The lowest BCUT2D eigenvalue weighted by Crippen LogP contribution is -2.00. The maximum absolute atomic E-state index is 14.5. The Kier molecular flexibility index (Phi) is 6.04. The van der Waals surface area contributed by atoms with E-state index in [1.165, 1.54) is 37.7 Å². The normalized spacial score (nSPS) is 10.7. The average molecular weight is 436 g/mol. The number of rotatable bonds is 4. The van der Waals surface area contributed by atoms with E-state index in [9.17, 15) is 17.6 Å². The molecule has 0 radical (unpaired) electrons. The summed E-state index contributed by atoms with van der Waals surface area (Å²) in [5, 5.41) is 0.935. The molecule has 1 aromatic heterocycles. The molecule has 3 nitrogen and oxygen atoms in total. The molecule has 32 heavy (non-hydrogen) atoms. The minimum Gasteiger partial charge on any atom is -0.494 e. The van der Waals surface area contributed by atoms with Gasteiger partial charge in [0.2, 0.25) is 0 Å². The smallest absolute Gasteiger partial charge is 0.159 e. The van der Waals surface area contributed by atoms with Crippen molar-refractivity contribution in [1.29, 1.82) is 0 Å². The number of hydrogen-bond acceptors (Lipinski definition) is 3. The highest BCUT2D eigenvalue weighted by Gasteiger charge is 2.10. The number of aromatic nitrogens is 2. The predicted octanol–water partition coefficient (Wildman–Crippen LogP) is 5.38. The molecule has 0 spiro atoms. The summed E-state index contributed by atoms with van der Waals surface area (Å²) >= 11 is 0. The van der Waals surface area contributed by atoms with Gasteiger partial charge in [0.15, 0.2) is 17.4 Å². The number of fused-ring (bicyclic) bond motifs is 1. The third-order valence-electron chi connectivity index (χ3n) is 4.87. The van der Waals surface area contributed by atoms with Gasteiger partial charge < -0.3 is 4.74 Å². The molecule has 0 unspecified atom stereocenters. The van der Waals surface area contributed by atoms with Crippen LogP contribution in [0.4, 0.5) is 17.6 Å². The Bertz CT molecular complexity index is 1340. The summed E-state index contributed by atoms with van der Waals surface area (Å²) in [5.41, 5.74) is 0.510. The second-order valence-corrected chi connectivity index (χ2v) is 7.05. The predicted molar refractivity (Wildman–Crippen MR) is 112 cm³/mol. The van der Waals surface area contributed by atoms with E-state index in [0.717, 1.165) is 12.1 Å². The zero-order valence-corrected chi connectivity index (χ0v) is 16.9. The first-order chi connectivity index (χ1) is 15.4. The van der Waals surface area contributed by atoms with Gasteiger partial charge in [0.05, 0.1) is 25.1 Å². The second kappa shape index (κ2) is 9.06. The molecule has 4 aromatic rings. The molecule has 0 bridgehead atoms. The van der Waals surface area contributed by atoms with Crippen molar-refractivity contribution in [3.05, 3.63) is 101 Å². The fourth-order valence-corrected chi connectivity index (χ4v) is 3.18. The SMILES string of the molecule is COc1cnc(CCc2cc(F)c(C#Cc3ccc4cc(F)c(F)cc4c3)c(F)c2)nc1. The lowest BCUT2D eigenvalue weighted by atomic mass is 10.0. The summed E-state index contributed by atoms with van der Waals surface area (Å²) in [7, 11) is 1.51. The molecule has 1 heterocycles. The molecule has 0 aliphatic carbocycles. The molecule has 0 atom stereocenters. The van der Waals surface area contributed by atoms with E-state index < -0.39 is 23.3 Å². The Morgan fingerprint density at radius 3 is 2.06 bits per heavy atom. The summed E-state index contributed by atoms with van der Waals surface area (Å²) in [6, 6.07) is 9.27. The molecule has 0 N–H and O–H groups in total. The Balaban J connectivity index is 1.53. The van der Waals surface area contributed by atoms with Gasteiger partial charge in [0.1, 0.15) is 17.5 Å². The van der Waals surface area contributed by atoms with Crippen molar-refractivity contribution in [3.8, 4) is 17.6 Å². The third-order valence-corrected chi connectivity index (χ3v) is 4.87. The van der Waals surface area contributed by atoms with Gasteiger partial charge in [-0.3, -0.25) is 0 Å². The van der Waals surface area contributed by atoms with Crippen LogP contribution in [0.5, 0.6) is 5.75 Å². The van der Waals surface area contributed by atoms with Crippen LogP contribution in [0.25, 0.3) is 10.8 Å². The van der Waals surface area contributed by atoms with Crippen molar-refractivity contribution in [2.75, 3.05) is 7.11 Å². The molecular formula is C25H16F4N2O. The summed E-state index contributed by atoms with van der Waals surface area (Å²) in [6.07, 6.45) is 3.81. The summed E-state index contributed by atoms with van der Waals surface area (Å²) in [6.45, 7) is 0. The van der Waals surface area contributed by atoms with Crippen molar-refractivity contribution in [1.82, 2.24) is 9.97 Å². The largest absolute Gasteiger partial charge is 0.494 e. The van der Waals surface area contributed by atoms with E-state index in [4.69, 9.17) is 4.74 Å². The van der Waals surface area contributed by atoms with E-state index in [0.29, 0.717) is 46.3 Å². The van der Waals surface area contributed by atoms with Crippen LogP contribution < -0.4 is 4.74 Å². The van der Waals surface area contributed by atoms with Gasteiger partial charge in [-0.1, -0.05) is 17.9 Å². The third kappa shape index (κ3) is 4.70. The molecule has 0 aliphatic heterocycles. The minimum atomic E-state index is -0.977. The van der Waals surface area contributed by atoms with Crippen LogP contribution in [0.15, 0.2) is 54.9 Å². The quantitative estimate of drug-likeness (QED) is 0.318. The van der Waals surface area contributed by atoms with Crippen LogP contribution in [-0.2, 0) is 12.8 Å². The zero-order valence-electron chi connectivity index (χ0n) is 16.9. The Morgan fingerprint density at radius 2 is 1.41 bits per heavy atom. The van der Waals surface area contributed by atoms with Crippen LogP contribution in [-0.4, -0.2) is 17.1 Å². The highest BCUT2D eigenvalue weighted by Crippen LogP contribution is 2.20. The molecule has 3 aromatic carbocycles. The van der Waals surface area contributed by atoms with E-state index in [1.54, 1.807) is 12.1 Å². The maximum Gasteiger partial charge on any atom is 0.159 e. The van der Waals surface area contributed by atoms with Crippen molar-refractivity contribution >= 4 is 10.8 Å². The van der Waals surface area contributed by atoms with E-state index in [-0.39, 0.29) is 5.56 Å². The van der Waals surface area contributed by atoms with Crippen LogP contribution in [0.1, 0.15) is 22.5 Å². The van der Waals surface area contributed by atoms with Gasteiger partial charge in [-0.05, 0) is 59.2 Å². The van der Waals surface area contributed by atoms with E-state index >= 15 is 0 Å². The lowest BCUT2D eigenvalue weighted by Gasteiger charge is -2.05. The van der Waals surface area contributed by atoms with Crippen LogP contribution in [0.2, 0.25) is 0 Å². The van der Waals surface area contributed by atoms with Gasteiger partial charge in [-0.2, -0.15) is 0 Å². The number of aryl methyl sites for hydroxylation is 2. The first-order valence-corrected chi connectivity index (χ1v) is 9.66. The fourth-order valence-electron chi connectivity index (χ4n) is 3.18. The fraction of sp³-hybridized carbons (Fsp3) is 0.120. The number of methoxy groups -OCH3 is 1. The summed E-state index contributed by atoms with van der Waals surface area (Å²) < 4.78 is 60.8. The molecule has 0 aliphatic rings. The molecule has 0 amide bonds. The first kappa shape index (κ1) is 21.3. The summed E-state index contributed by atoms with van der Waals surface area (Å²) in [5.74, 6) is 2.75. The van der Waals surface area contributed by atoms with Crippen molar-refractivity contribution < 1.29 is 22.3 Å². The monoisotopic (exact) mass is 436 g/mol. The number of nitrogens with zero attached hydrogens (tertiary/aromatic N) is 2. The first-order valence-electron chi connectivity index (χ1n) is 9.66. The van der Waals surface area contributed by atoms with Crippen LogP contribution in [0, 0.1) is 35.1 Å². The van der Waals surface area contributed by atoms with Gasteiger partial charge in [-0.25, -0.2) is 27.5 Å². The molecule has 160 valence electrons. The number of benzene rings is 3. The average Bonchev–Trinajstić information content (AvgIpc) is 2.78. The topological polar surface area (TPSA) is 35.0 Å². The van der Waals surface area contributed by atoms with Gasteiger partial charge in [0.25, 0.3) is 0 Å². The number of ether oxygens (including phenoxy) is 1. The van der Waals surface area contributed by atoms with Crippen molar-refractivity contribution in [2.45, 2.75) is 12.8 Å². The van der Waals surface area contributed by atoms with E-state index in [1.807, 2.05) is 0 Å². The number of hydrogen-bond donors (Lipinski definition) is 0. The van der Waals surface area contributed by atoms with Crippen LogP contribution >= 0.6 is 0 Å². The number of halogens is 4. The summed E-state index contributed by atoms with van der Waals surface area (Å²) in [4.78, 5) is 8.26. The Morgan fingerprint density at radius 1 is 0.750 bits per heavy atom. The molecule has 7 heteroatoms. The zero-order chi connectivity index (χ0) is 22.7. The maximum atomic E-state index is 14.5. The standard InChI is InChI=1S/C25H16F4N2O/c1-32-19-13-30-25(31-14-19)7-4-16-9-21(26)20(22(27)10-16)6-3-15-2-5-17-11-23(28)24(29)12-18(17)8-15/h2,5,8-14H,4,7H2,1H3. The Hall–Kier alpha value is -3.92. The highest BCUT2D eigenvalue weighted by molar-refractivity contribution is 5.84. The highest BCUT2D eigenvalue weighted by atomic mass is 19.2. The molecular weight excluding hydrogens is 420 g/mol. The molecule has 4 rings (SSSR count). The van der Waals surface area contributed by atoms with Crippen molar-refractivity contribution in [2.24, 2.45) is 0 Å². The molecule has 0 saturated heterocycles. The molecule has 0 saturated carbocycles. The van der Waals surface area contributed by atoms with Gasteiger partial charge in [0, 0.05) is 12.0 Å².